The molecule has 1 aromatic carbocycles. The number of benzene rings is 1. The Morgan fingerprint density at radius 2 is 2.15 bits per heavy atom. The number of nitrogens with zero attached hydrogens (tertiary/aromatic N) is 3. The lowest BCUT2D eigenvalue weighted by Gasteiger charge is -2.39. The molecule has 0 bridgehead atoms. The zero-order chi connectivity index (χ0) is 14.9. The molecule has 0 radical (unpaired) electrons. The van der Waals surface area contributed by atoms with Crippen molar-refractivity contribution in [2.45, 2.75) is 13.0 Å². The monoisotopic (exact) mass is 279 g/mol. The van der Waals surface area contributed by atoms with Crippen LogP contribution in [0.25, 0.3) is 0 Å². The molecule has 108 valence electrons. The Labute approximate surface area is 116 Å². The predicted molar refractivity (Wildman–Crippen MR) is 74.4 cm³/mol. The van der Waals surface area contributed by atoms with Crippen molar-refractivity contribution in [3.8, 4) is 0 Å². The lowest BCUT2D eigenvalue weighted by atomic mass is 10.1. The highest BCUT2D eigenvalue weighted by Gasteiger charge is 2.28. The summed E-state index contributed by atoms with van der Waals surface area (Å²) >= 11 is 0. The number of carboxylic acid groups (broad SMARTS) is 1. The van der Waals surface area contributed by atoms with Gasteiger partial charge in [0.15, 0.2) is 0 Å². The van der Waals surface area contributed by atoms with E-state index in [9.17, 15) is 14.9 Å². The minimum Gasteiger partial charge on any atom is -0.478 e. The summed E-state index contributed by atoms with van der Waals surface area (Å²) in [5.74, 6) is -1.08. The van der Waals surface area contributed by atoms with Crippen LogP contribution in [-0.4, -0.2) is 53.6 Å². The van der Waals surface area contributed by atoms with E-state index in [4.69, 9.17) is 5.11 Å². The van der Waals surface area contributed by atoms with Crippen LogP contribution < -0.4 is 4.90 Å². The molecule has 0 amide bonds. The van der Waals surface area contributed by atoms with Crippen molar-refractivity contribution >= 4 is 17.3 Å². The Hall–Kier alpha value is -2.15. The highest BCUT2D eigenvalue weighted by Crippen LogP contribution is 2.31. The molecule has 0 saturated carbocycles. The summed E-state index contributed by atoms with van der Waals surface area (Å²) in [4.78, 5) is 25.8. The summed E-state index contributed by atoms with van der Waals surface area (Å²) in [6, 6.07) is 4.02. The first-order chi connectivity index (χ1) is 9.40. The number of anilines is 1. The summed E-state index contributed by atoms with van der Waals surface area (Å²) in [7, 11) is 2.00. The second kappa shape index (κ2) is 5.46. The van der Waals surface area contributed by atoms with Gasteiger partial charge >= 0.3 is 5.97 Å². The van der Waals surface area contributed by atoms with Gasteiger partial charge in [0, 0.05) is 31.7 Å². The number of hydrogen-bond acceptors (Lipinski definition) is 5. The van der Waals surface area contributed by atoms with Crippen molar-refractivity contribution in [3.05, 3.63) is 33.9 Å². The number of nitro groups is 1. The number of likely N-dealkylation sites (N-methyl/N-ethyl adjacent to an activating group) is 1. The molecule has 1 heterocycles. The minimum atomic E-state index is -1.08. The van der Waals surface area contributed by atoms with Gasteiger partial charge in [0.2, 0.25) is 0 Å². The number of piperazine rings is 1. The molecule has 1 aromatic rings. The summed E-state index contributed by atoms with van der Waals surface area (Å²) in [6.45, 7) is 4.20. The fraction of sp³-hybridized carbons (Fsp3) is 0.462. The SMILES string of the molecule is CC1CN(C)CCN1c1cc(C(=O)O)ccc1[N+](=O)[O-]. The Balaban J connectivity index is 2.44. The summed E-state index contributed by atoms with van der Waals surface area (Å²) < 4.78 is 0. The molecule has 1 atom stereocenters. The van der Waals surface area contributed by atoms with Gasteiger partial charge < -0.3 is 14.9 Å². The van der Waals surface area contributed by atoms with Crippen LogP contribution >= 0.6 is 0 Å². The fourth-order valence-electron chi connectivity index (χ4n) is 2.54. The van der Waals surface area contributed by atoms with Gasteiger partial charge in [-0.3, -0.25) is 10.1 Å². The quantitative estimate of drug-likeness (QED) is 0.665. The van der Waals surface area contributed by atoms with E-state index in [1.165, 1.54) is 18.2 Å². The standard InChI is InChI=1S/C13H17N3O4/c1-9-8-14(2)5-6-15(9)12-7-10(13(17)18)3-4-11(12)16(19)20/h3-4,7,9H,5-6,8H2,1-2H3,(H,17,18). The van der Waals surface area contributed by atoms with Crippen molar-refractivity contribution in [3.63, 3.8) is 0 Å². The van der Waals surface area contributed by atoms with Gasteiger partial charge in [0.25, 0.3) is 5.69 Å². The largest absolute Gasteiger partial charge is 0.478 e. The van der Waals surface area contributed by atoms with Crippen LogP contribution in [0.2, 0.25) is 0 Å². The normalized spacial score (nSPS) is 19.9. The van der Waals surface area contributed by atoms with Gasteiger partial charge in [0.1, 0.15) is 5.69 Å². The molecule has 1 aliphatic heterocycles. The van der Waals surface area contributed by atoms with E-state index < -0.39 is 10.9 Å². The zero-order valence-corrected chi connectivity index (χ0v) is 11.4. The van der Waals surface area contributed by atoms with Crippen LogP contribution in [0.5, 0.6) is 0 Å². The van der Waals surface area contributed by atoms with Crippen molar-refractivity contribution in [1.82, 2.24) is 4.90 Å². The highest BCUT2D eigenvalue weighted by atomic mass is 16.6. The highest BCUT2D eigenvalue weighted by molar-refractivity contribution is 5.90. The number of aromatic carboxylic acids is 1. The molecule has 7 heteroatoms. The Kier molecular flexibility index (Phi) is 3.89. The van der Waals surface area contributed by atoms with Gasteiger partial charge in [-0.1, -0.05) is 0 Å². The van der Waals surface area contributed by atoms with Crippen LogP contribution in [0.15, 0.2) is 18.2 Å². The smallest absolute Gasteiger partial charge is 0.335 e. The molecule has 7 nitrogen and oxygen atoms in total. The van der Waals surface area contributed by atoms with E-state index >= 15 is 0 Å². The molecule has 2 rings (SSSR count). The molecule has 1 unspecified atom stereocenters. The Bertz CT molecular complexity index is 546. The average molecular weight is 279 g/mol. The number of nitro benzene ring substituents is 1. The first kappa shape index (κ1) is 14.3. The minimum absolute atomic E-state index is 0.0496. The lowest BCUT2D eigenvalue weighted by molar-refractivity contribution is -0.384. The van der Waals surface area contributed by atoms with Crippen LogP contribution in [0, 0.1) is 10.1 Å². The zero-order valence-electron chi connectivity index (χ0n) is 11.4. The molecule has 1 N–H and O–H groups in total. The third-order valence-corrected chi connectivity index (χ3v) is 3.56. The maximum atomic E-state index is 11.1. The second-order valence-electron chi connectivity index (χ2n) is 5.07. The molecule has 20 heavy (non-hydrogen) atoms. The lowest BCUT2D eigenvalue weighted by Crippen LogP contribution is -2.50. The average Bonchev–Trinajstić information content (AvgIpc) is 2.37. The van der Waals surface area contributed by atoms with E-state index in [0.717, 1.165) is 13.1 Å². The van der Waals surface area contributed by atoms with Gasteiger partial charge in [-0.2, -0.15) is 0 Å². The fourth-order valence-corrected chi connectivity index (χ4v) is 2.54. The number of carbonyl (C=O) groups is 1. The van der Waals surface area contributed by atoms with Gasteiger partial charge in [-0.15, -0.1) is 0 Å². The first-order valence-corrected chi connectivity index (χ1v) is 6.37. The molecule has 0 spiro atoms. The second-order valence-corrected chi connectivity index (χ2v) is 5.07. The summed E-state index contributed by atoms with van der Waals surface area (Å²) in [6.07, 6.45) is 0. The van der Waals surface area contributed by atoms with Gasteiger partial charge in [0.05, 0.1) is 10.5 Å². The van der Waals surface area contributed by atoms with E-state index in [0.29, 0.717) is 12.2 Å². The Morgan fingerprint density at radius 1 is 1.45 bits per heavy atom. The van der Waals surface area contributed by atoms with E-state index in [1.807, 2.05) is 18.9 Å². The molecule has 0 aromatic heterocycles. The van der Waals surface area contributed by atoms with Crippen LogP contribution in [0.1, 0.15) is 17.3 Å². The topological polar surface area (TPSA) is 86.9 Å². The third-order valence-electron chi connectivity index (χ3n) is 3.56. The predicted octanol–water partition coefficient (Wildman–Crippen LogP) is 1.43. The van der Waals surface area contributed by atoms with Crippen LogP contribution in [-0.2, 0) is 0 Å². The molecule has 1 fully saturated rings. The molecule has 1 aliphatic rings. The third kappa shape index (κ3) is 2.72. The maximum absolute atomic E-state index is 11.1. The molecular weight excluding hydrogens is 262 g/mol. The molecular formula is C13H17N3O4. The molecule has 0 aliphatic carbocycles. The first-order valence-electron chi connectivity index (χ1n) is 6.37. The van der Waals surface area contributed by atoms with Crippen molar-refractivity contribution in [2.75, 3.05) is 31.6 Å². The van der Waals surface area contributed by atoms with Crippen LogP contribution in [0.3, 0.4) is 0 Å². The van der Waals surface area contributed by atoms with Crippen molar-refractivity contribution < 1.29 is 14.8 Å². The number of carboxylic acids is 1. The molecule has 1 saturated heterocycles. The van der Waals surface area contributed by atoms with Gasteiger partial charge in [-0.05, 0) is 26.1 Å². The van der Waals surface area contributed by atoms with Crippen molar-refractivity contribution in [1.29, 1.82) is 0 Å². The van der Waals surface area contributed by atoms with E-state index in [1.54, 1.807) is 0 Å². The maximum Gasteiger partial charge on any atom is 0.335 e. The van der Waals surface area contributed by atoms with Crippen LogP contribution in [0.4, 0.5) is 11.4 Å². The number of hydrogen-bond donors (Lipinski definition) is 1. The van der Waals surface area contributed by atoms with Gasteiger partial charge in [-0.25, -0.2) is 4.79 Å². The van der Waals surface area contributed by atoms with E-state index in [2.05, 4.69) is 4.90 Å². The number of rotatable bonds is 3. The summed E-state index contributed by atoms with van der Waals surface area (Å²) in [5.41, 5.74) is 0.402. The van der Waals surface area contributed by atoms with Crippen molar-refractivity contribution in [2.24, 2.45) is 0 Å². The van der Waals surface area contributed by atoms with E-state index in [-0.39, 0.29) is 17.3 Å². The Morgan fingerprint density at radius 3 is 2.70 bits per heavy atom. The summed E-state index contributed by atoms with van der Waals surface area (Å²) in [5, 5.41) is 20.2.